The van der Waals surface area contributed by atoms with E-state index in [-0.39, 0.29) is 31.4 Å². The van der Waals surface area contributed by atoms with Gasteiger partial charge in [0.1, 0.15) is 0 Å². The molecule has 2 aromatic carbocycles. The first-order valence-electron chi connectivity index (χ1n) is 9.49. The number of anilines is 1. The maximum Gasteiger partial charge on any atom is 0.314 e. The lowest BCUT2D eigenvalue weighted by Gasteiger charge is -2.23. The van der Waals surface area contributed by atoms with Crippen molar-refractivity contribution in [3.8, 4) is 6.07 Å². The van der Waals surface area contributed by atoms with E-state index in [0.29, 0.717) is 10.7 Å². The van der Waals surface area contributed by atoms with Gasteiger partial charge in [0.15, 0.2) is 6.61 Å². The first-order chi connectivity index (χ1) is 13.8. The van der Waals surface area contributed by atoms with Crippen LogP contribution in [-0.2, 0) is 14.3 Å². The summed E-state index contributed by atoms with van der Waals surface area (Å²) in [6.45, 7) is 5.66. The third-order valence-corrected chi connectivity index (χ3v) is 4.83. The van der Waals surface area contributed by atoms with Crippen LogP contribution in [0, 0.1) is 24.2 Å². The van der Waals surface area contributed by atoms with Crippen LogP contribution in [-0.4, -0.2) is 25.0 Å². The van der Waals surface area contributed by atoms with Gasteiger partial charge in [0.05, 0.1) is 18.4 Å². The summed E-state index contributed by atoms with van der Waals surface area (Å²) in [5.74, 6) is -1.33. The van der Waals surface area contributed by atoms with E-state index in [1.54, 1.807) is 24.3 Å². The minimum Gasteiger partial charge on any atom is -0.455 e. The summed E-state index contributed by atoms with van der Waals surface area (Å²) in [5.41, 5.74) is 2.53. The number of nitrogens with zero attached hydrogens (tertiary/aromatic N) is 2. The fraction of sp³-hybridized carbons (Fsp3) is 0.348. The van der Waals surface area contributed by atoms with Gasteiger partial charge in [0, 0.05) is 17.3 Å². The number of aryl methyl sites for hydroxylation is 1. The number of halogens is 1. The fourth-order valence-corrected chi connectivity index (χ4v) is 3.17. The molecule has 0 heterocycles. The molecule has 152 valence electrons. The molecule has 0 saturated carbocycles. The van der Waals surface area contributed by atoms with Crippen molar-refractivity contribution in [3.63, 3.8) is 0 Å². The molecule has 0 aliphatic carbocycles. The van der Waals surface area contributed by atoms with Crippen LogP contribution < -0.4 is 4.90 Å². The summed E-state index contributed by atoms with van der Waals surface area (Å²) >= 11 is 5.93. The molecule has 0 bridgehead atoms. The molecule has 0 saturated heterocycles. The molecule has 29 heavy (non-hydrogen) atoms. The lowest BCUT2D eigenvalue weighted by atomic mass is 9.88. The monoisotopic (exact) mass is 412 g/mol. The molecule has 0 aromatic heterocycles. The number of esters is 1. The van der Waals surface area contributed by atoms with Gasteiger partial charge in [0.2, 0.25) is 0 Å². The Morgan fingerprint density at radius 3 is 2.28 bits per heavy atom. The van der Waals surface area contributed by atoms with E-state index in [1.807, 2.05) is 51.1 Å². The Morgan fingerprint density at radius 1 is 1.10 bits per heavy atom. The van der Waals surface area contributed by atoms with E-state index in [1.165, 1.54) is 4.90 Å². The van der Waals surface area contributed by atoms with Gasteiger partial charge in [-0.25, -0.2) is 0 Å². The third-order valence-electron chi connectivity index (χ3n) is 4.58. The van der Waals surface area contributed by atoms with Crippen molar-refractivity contribution in [2.24, 2.45) is 5.92 Å². The molecule has 5 nitrogen and oxygen atoms in total. The zero-order valence-corrected chi connectivity index (χ0v) is 17.6. The van der Waals surface area contributed by atoms with Crippen molar-refractivity contribution in [2.45, 2.75) is 33.1 Å². The highest BCUT2D eigenvalue weighted by atomic mass is 35.5. The average Bonchev–Trinajstić information content (AvgIpc) is 2.69. The molecular formula is C23H25ClN2O3. The van der Waals surface area contributed by atoms with Crippen molar-refractivity contribution in [1.29, 1.82) is 5.26 Å². The number of ether oxygens (including phenoxy) is 1. The predicted molar refractivity (Wildman–Crippen MR) is 114 cm³/mol. The Kier molecular flexibility index (Phi) is 8.23. The largest absolute Gasteiger partial charge is 0.455 e. The molecule has 2 rings (SSSR count). The summed E-state index contributed by atoms with van der Waals surface area (Å²) in [7, 11) is 0. The van der Waals surface area contributed by atoms with Crippen molar-refractivity contribution in [1.82, 2.24) is 0 Å². The minimum absolute atomic E-state index is 0.00873. The highest BCUT2D eigenvalue weighted by molar-refractivity contribution is 6.30. The normalized spacial score (nSPS) is 11.6. The third kappa shape index (κ3) is 6.33. The zero-order valence-electron chi connectivity index (χ0n) is 16.9. The van der Waals surface area contributed by atoms with Crippen LogP contribution in [0.5, 0.6) is 0 Å². The summed E-state index contributed by atoms with van der Waals surface area (Å²) in [4.78, 5) is 26.9. The smallest absolute Gasteiger partial charge is 0.314 e. The van der Waals surface area contributed by atoms with Crippen molar-refractivity contribution >= 4 is 29.2 Å². The second-order valence-corrected chi connectivity index (χ2v) is 7.61. The van der Waals surface area contributed by atoms with Gasteiger partial charge >= 0.3 is 5.97 Å². The number of carbonyl (C=O) groups excluding carboxylic acids is 2. The van der Waals surface area contributed by atoms with Crippen LogP contribution in [0.25, 0.3) is 0 Å². The number of amides is 1. The molecule has 6 heteroatoms. The quantitative estimate of drug-likeness (QED) is 0.579. The molecule has 1 amide bonds. The Hall–Kier alpha value is -2.84. The topological polar surface area (TPSA) is 70.4 Å². The lowest BCUT2D eigenvalue weighted by molar-refractivity contribution is -0.150. The van der Waals surface area contributed by atoms with Crippen molar-refractivity contribution in [2.75, 3.05) is 18.1 Å². The summed E-state index contributed by atoms with van der Waals surface area (Å²) in [6.07, 6.45) is 0.187. The van der Waals surface area contributed by atoms with Gasteiger partial charge in [-0.05, 0) is 42.7 Å². The van der Waals surface area contributed by atoms with Crippen LogP contribution in [0.4, 0.5) is 5.69 Å². The minimum atomic E-state index is -0.494. The molecule has 0 aliphatic rings. The molecule has 0 aliphatic heterocycles. The standard InChI is InChI=1S/C23H25ClN2O3/c1-16(2)22(18-7-9-19(24)10-8-18)23(28)29-15-21(27)26(14-4-13-25)20-11-5-17(3)6-12-20/h5-12,16,22H,4,14-15H2,1-3H3/t22-/m0/s1. The van der Waals surface area contributed by atoms with Crippen LogP contribution in [0.3, 0.4) is 0 Å². The van der Waals surface area contributed by atoms with Gasteiger partial charge in [-0.2, -0.15) is 5.26 Å². The van der Waals surface area contributed by atoms with Gasteiger partial charge in [-0.1, -0.05) is 55.3 Å². The number of hydrogen-bond acceptors (Lipinski definition) is 4. The molecular weight excluding hydrogens is 388 g/mol. The summed E-state index contributed by atoms with van der Waals surface area (Å²) < 4.78 is 5.37. The van der Waals surface area contributed by atoms with Gasteiger partial charge in [0.25, 0.3) is 5.91 Å². The molecule has 2 aromatic rings. The summed E-state index contributed by atoms with van der Waals surface area (Å²) in [5, 5.41) is 9.49. The van der Waals surface area contributed by atoms with Crippen molar-refractivity contribution in [3.05, 3.63) is 64.7 Å². The molecule has 1 atom stereocenters. The first kappa shape index (κ1) is 22.4. The van der Waals surface area contributed by atoms with E-state index in [9.17, 15) is 9.59 Å². The van der Waals surface area contributed by atoms with Crippen molar-refractivity contribution < 1.29 is 14.3 Å². The molecule has 0 fully saturated rings. The average molecular weight is 413 g/mol. The Bertz CT molecular complexity index is 870. The fourth-order valence-electron chi connectivity index (χ4n) is 3.05. The van der Waals surface area contributed by atoms with E-state index in [0.717, 1.165) is 11.1 Å². The van der Waals surface area contributed by atoms with Crippen LogP contribution >= 0.6 is 11.6 Å². The molecule has 0 spiro atoms. The van der Waals surface area contributed by atoms with Crippen LogP contribution in [0.15, 0.2) is 48.5 Å². The maximum absolute atomic E-state index is 12.7. The summed E-state index contributed by atoms with van der Waals surface area (Å²) in [6, 6.07) is 16.5. The van der Waals surface area contributed by atoms with E-state index in [2.05, 4.69) is 0 Å². The van der Waals surface area contributed by atoms with Crippen LogP contribution in [0.2, 0.25) is 5.02 Å². The van der Waals surface area contributed by atoms with E-state index < -0.39 is 11.9 Å². The number of nitriles is 1. The first-order valence-corrected chi connectivity index (χ1v) is 9.87. The highest BCUT2D eigenvalue weighted by Crippen LogP contribution is 2.27. The van der Waals surface area contributed by atoms with E-state index >= 15 is 0 Å². The molecule has 0 radical (unpaired) electrons. The SMILES string of the molecule is Cc1ccc(N(CCC#N)C(=O)COC(=O)[C@H](c2ccc(Cl)cc2)C(C)C)cc1. The van der Waals surface area contributed by atoms with E-state index in [4.69, 9.17) is 21.6 Å². The predicted octanol–water partition coefficient (Wildman–Crippen LogP) is 4.88. The maximum atomic E-state index is 12.7. The Balaban J connectivity index is 2.10. The number of hydrogen-bond donors (Lipinski definition) is 0. The second kappa shape index (κ2) is 10.6. The number of benzene rings is 2. The Labute approximate surface area is 176 Å². The highest BCUT2D eigenvalue weighted by Gasteiger charge is 2.27. The second-order valence-electron chi connectivity index (χ2n) is 7.17. The van der Waals surface area contributed by atoms with Gasteiger partial charge in [-0.15, -0.1) is 0 Å². The zero-order chi connectivity index (χ0) is 21.4. The van der Waals surface area contributed by atoms with Gasteiger partial charge < -0.3 is 9.64 Å². The Morgan fingerprint density at radius 2 is 1.72 bits per heavy atom. The molecule has 0 N–H and O–H groups in total. The molecule has 0 unspecified atom stereocenters. The number of rotatable bonds is 8. The van der Waals surface area contributed by atoms with Gasteiger partial charge in [-0.3, -0.25) is 9.59 Å². The van der Waals surface area contributed by atoms with Crippen LogP contribution in [0.1, 0.15) is 37.3 Å². The number of carbonyl (C=O) groups is 2. The lowest BCUT2D eigenvalue weighted by Crippen LogP contribution is -2.36.